The Morgan fingerprint density at radius 2 is 0.644 bits per heavy atom. The zero-order valence-electron chi connectivity index (χ0n) is 39.8. The standard InChI is InChI=1S/C68H46N4O/c1-6-22-47(23-7-1)69(48-24-8-2-9-25-48)54-42-55(70(49-26-10-3-11-27-49)50-28-12-4-13-29-50)44-56(43-54)71(53-39-41-65-62(45-53)59-33-18-20-36-64(59)72(65)51-30-14-5-15-31-51)52-38-40-58-57-32-16-17-34-60(57)68-67(63(58)46-52)61-35-19-21-37-66(61)73-68/h1-46H. The van der Waals surface area contributed by atoms with Crippen LogP contribution in [-0.4, -0.2) is 4.57 Å². The third-order valence-corrected chi connectivity index (χ3v) is 14.2. The number of hydrogen-bond donors (Lipinski definition) is 0. The maximum absolute atomic E-state index is 6.80. The fourth-order valence-electron chi connectivity index (χ4n) is 11.1. The lowest BCUT2D eigenvalue weighted by Crippen LogP contribution is -2.16. The number of para-hydroxylation sites is 7. The normalized spacial score (nSPS) is 11.6. The summed E-state index contributed by atoms with van der Waals surface area (Å²) in [5.41, 5.74) is 14.4. The quantitative estimate of drug-likeness (QED) is 0.128. The number of nitrogens with zero attached hydrogens (tertiary/aromatic N) is 4. The summed E-state index contributed by atoms with van der Waals surface area (Å²) in [6.45, 7) is 0. The average Bonchev–Trinajstić information content (AvgIpc) is 4.03. The molecule has 0 unspecified atom stereocenters. The molecule has 12 aromatic carbocycles. The molecule has 0 aliphatic heterocycles. The van der Waals surface area contributed by atoms with Crippen LogP contribution in [0.2, 0.25) is 0 Å². The van der Waals surface area contributed by atoms with Crippen LogP contribution in [0.25, 0.3) is 71.0 Å². The van der Waals surface area contributed by atoms with Crippen molar-refractivity contribution < 1.29 is 4.42 Å². The van der Waals surface area contributed by atoms with Crippen LogP contribution >= 0.6 is 0 Å². The molecule has 14 rings (SSSR count). The van der Waals surface area contributed by atoms with E-state index in [0.29, 0.717) is 0 Å². The Morgan fingerprint density at radius 1 is 0.247 bits per heavy atom. The van der Waals surface area contributed by atoms with Crippen LogP contribution in [0.4, 0.5) is 51.2 Å². The molecule has 0 aliphatic rings. The highest BCUT2D eigenvalue weighted by Gasteiger charge is 2.25. The van der Waals surface area contributed by atoms with Crippen LogP contribution in [0.1, 0.15) is 0 Å². The summed E-state index contributed by atoms with van der Waals surface area (Å²) in [5.74, 6) is 0. The first kappa shape index (κ1) is 42.1. The van der Waals surface area contributed by atoms with Gasteiger partial charge in [-0.3, -0.25) is 0 Å². The molecule has 0 amide bonds. The van der Waals surface area contributed by atoms with Gasteiger partial charge >= 0.3 is 0 Å². The Labute approximate surface area is 422 Å². The molecule has 2 heterocycles. The molecule has 2 aromatic heterocycles. The molecule has 5 heteroatoms. The summed E-state index contributed by atoms with van der Waals surface area (Å²) in [5, 5.41) is 9.13. The largest absolute Gasteiger partial charge is 0.455 e. The van der Waals surface area contributed by atoms with Gasteiger partial charge in [-0.15, -0.1) is 0 Å². The van der Waals surface area contributed by atoms with E-state index in [1.54, 1.807) is 0 Å². The highest BCUT2D eigenvalue weighted by atomic mass is 16.3. The van der Waals surface area contributed by atoms with Gasteiger partial charge in [0.1, 0.15) is 11.2 Å². The third-order valence-electron chi connectivity index (χ3n) is 14.2. The van der Waals surface area contributed by atoms with E-state index in [9.17, 15) is 0 Å². The van der Waals surface area contributed by atoms with E-state index in [-0.39, 0.29) is 0 Å². The van der Waals surface area contributed by atoms with E-state index < -0.39 is 0 Å². The Bertz CT molecular complexity index is 4140. The second kappa shape index (κ2) is 17.5. The Kier molecular flexibility index (Phi) is 10.1. The SMILES string of the molecule is c1ccc(N(c2ccccc2)c2cc(N(c3ccccc3)c3ccccc3)cc(N(c3ccc4c5ccccc5c5oc6ccccc6c5c4c3)c3ccc4c(c3)c3ccccc3n4-c3ccccc3)c2)cc1. The predicted molar refractivity (Wildman–Crippen MR) is 307 cm³/mol. The zero-order valence-corrected chi connectivity index (χ0v) is 39.8. The molecule has 0 saturated heterocycles. The number of benzene rings is 12. The molecule has 0 bridgehead atoms. The van der Waals surface area contributed by atoms with Crippen LogP contribution in [-0.2, 0) is 0 Å². The van der Waals surface area contributed by atoms with Crippen molar-refractivity contribution in [2.45, 2.75) is 0 Å². The van der Waals surface area contributed by atoms with Gasteiger partial charge < -0.3 is 23.7 Å². The molecule has 0 N–H and O–H groups in total. The van der Waals surface area contributed by atoms with Crippen LogP contribution in [0.3, 0.4) is 0 Å². The van der Waals surface area contributed by atoms with E-state index in [0.717, 1.165) is 106 Å². The van der Waals surface area contributed by atoms with Gasteiger partial charge in [-0.05, 0) is 137 Å². The molecule has 14 aromatic rings. The van der Waals surface area contributed by atoms with E-state index in [1.165, 1.54) is 16.2 Å². The number of hydrogen-bond acceptors (Lipinski definition) is 4. The Morgan fingerprint density at radius 3 is 1.21 bits per heavy atom. The molecule has 0 saturated carbocycles. The van der Waals surface area contributed by atoms with Gasteiger partial charge in [0.15, 0.2) is 0 Å². The molecule has 0 atom stereocenters. The molecule has 0 aliphatic carbocycles. The van der Waals surface area contributed by atoms with E-state index in [2.05, 4.69) is 298 Å². The lowest BCUT2D eigenvalue weighted by Gasteiger charge is -2.33. The lowest BCUT2D eigenvalue weighted by molar-refractivity contribution is 0.673. The summed E-state index contributed by atoms with van der Waals surface area (Å²) in [4.78, 5) is 7.18. The fraction of sp³-hybridized carbons (Fsp3) is 0. The number of aromatic nitrogens is 1. The summed E-state index contributed by atoms with van der Waals surface area (Å²) in [7, 11) is 0. The average molecular weight is 935 g/mol. The van der Waals surface area contributed by atoms with Crippen LogP contribution in [0.5, 0.6) is 0 Å². The van der Waals surface area contributed by atoms with Crippen molar-refractivity contribution >= 4 is 116 Å². The second-order valence-electron chi connectivity index (χ2n) is 18.5. The van der Waals surface area contributed by atoms with E-state index in [1.807, 2.05) is 0 Å². The van der Waals surface area contributed by atoms with Gasteiger partial charge in [-0.25, -0.2) is 0 Å². The summed E-state index contributed by atoms with van der Waals surface area (Å²) in [6, 6.07) is 100. The van der Waals surface area contributed by atoms with Gasteiger partial charge in [0.2, 0.25) is 0 Å². The van der Waals surface area contributed by atoms with Crippen molar-refractivity contribution in [3.05, 3.63) is 279 Å². The minimum Gasteiger partial charge on any atom is -0.455 e. The van der Waals surface area contributed by atoms with Crippen LogP contribution in [0, 0.1) is 0 Å². The first-order chi connectivity index (χ1) is 36.2. The van der Waals surface area contributed by atoms with Crippen molar-refractivity contribution in [3.8, 4) is 5.69 Å². The second-order valence-corrected chi connectivity index (χ2v) is 18.5. The van der Waals surface area contributed by atoms with Crippen molar-refractivity contribution in [1.29, 1.82) is 0 Å². The van der Waals surface area contributed by atoms with Crippen molar-refractivity contribution in [1.82, 2.24) is 4.57 Å². The van der Waals surface area contributed by atoms with Crippen molar-refractivity contribution in [3.63, 3.8) is 0 Å². The molecule has 5 nitrogen and oxygen atoms in total. The predicted octanol–water partition coefficient (Wildman–Crippen LogP) is 19.4. The number of furan rings is 1. The number of anilines is 9. The van der Waals surface area contributed by atoms with Gasteiger partial charge in [-0.2, -0.15) is 0 Å². The van der Waals surface area contributed by atoms with Gasteiger partial charge in [0.25, 0.3) is 0 Å². The molecular weight excluding hydrogens is 889 g/mol. The smallest absolute Gasteiger partial charge is 0.143 e. The fourth-order valence-corrected chi connectivity index (χ4v) is 11.1. The van der Waals surface area contributed by atoms with Gasteiger partial charge in [-0.1, -0.05) is 158 Å². The monoisotopic (exact) mass is 934 g/mol. The topological polar surface area (TPSA) is 27.8 Å². The van der Waals surface area contributed by atoms with Gasteiger partial charge in [0, 0.05) is 66.7 Å². The van der Waals surface area contributed by atoms with E-state index in [4.69, 9.17) is 4.42 Å². The minimum atomic E-state index is 0.874. The third kappa shape index (κ3) is 7.17. The minimum absolute atomic E-state index is 0.874. The van der Waals surface area contributed by atoms with Gasteiger partial charge in [0.05, 0.1) is 28.1 Å². The van der Waals surface area contributed by atoms with Crippen molar-refractivity contribution in [2.75, 3.05) is 14.7 Å². The molecule has 0 radical (unpaired) electrons. The molecule has 0 spiro atoms. The molecular formula is C68H46N4O. The Balaban J connectivity index is 1.10. The van der Waals surface area contributed by atoms with Crippen molar-refractivity contribution in [2.24, 2.45) is 0 Å². The molecule has 73 heavy (non-hydrogen) atoms. The Hall–Kier alpha value is -9.84. The summed E-state index contributed by atoms with van der Waals surface area (Å²) < 4.78 is 9.18. The number of rotatable bonds is 10. The van der Waals surface area contributed by atoms with Crippen LogP contribution < -0.4 is 14.7 Å². The lowest BCUT2D eigenvalue weighted by atomic mass is 9.96. The first-order valence-corrected chi connectivity index (χ1v) is 24.8. The zero-order chi connectivity index (χ0) is 48.2. The highest BCUT2D eigenvalue weighted by molar-refractivity contribution is 6.30. The molecule has 0 fully saturated rings. The van der Waals surface area contributed by atoms with Crippen LogP contribution in [0.15, 0.2) is 283 Å². The summed E-state index contributed by atoms with van der Waals surface area (Å²) in [6.07, 6.45) is 0. The summed E-state index contributed by atoms with van der Waals surface area (Å²) >= 11 is 0. The maximum atomic E-state index is 6.80. The highest BCUT2D eigenvalue weighted by Crippen LogP contribution is 2.49. The first-order valence-electron chi connectivity index (χ1n) is 24.8. The maximum Gasteiger partial charge on any atom is 0.143 e. The number of fused-ring (bicyclic) bond motifs is 11. The molecule has 344 valence electrons. The van der Waals surface area contributed by atoms with E-state index >= 15 is 0 Å².